The molecule has 9 heteroatoms. The predicted molar refractivity (Wildman–Crippen MR) is 97.2 cm³/mol. The summed E-state index contributed by atoms with van der Waals surface area (Å²) in [6.45, 7) is 3.57. The molecule has 2 aromatic rings. The lowest BCUT2D eigenvalue weighted by molar-refractivity contribution is -0.113. The van der Waals surface area contributed by atoms with Crippen LogP contribution in [0.4, 0.5) is 10.5 Å². The summed E-state index contributed by atoms with van der Waals surface area (Å²) in [6, 6.07) is 8.39. The molecule has 2 amide bonds. The predicted octanol–water partition coefficient (Wildman–Crippen LogP) is 2.73. The van der Waals surface area contributed by atoms with E-state index in [0.717, 1.165) is 16.8 Å². The van der Waals surface area contributed by atoms with Crippen molar-refractivity contribution in [2.75, 3.05) is 11.6 Å². The fraction of sp³-hybridized carbons (Fsp3) is 0.167. The Hall–Kier alpha value is -3.93. The summed E-state index contributed by atoms with van der Waals surface area (Å²) >= 11 is 0. The van der Waals surface area contributed by atoms with Gasteiger partial charge in [0, 0.05) is 18.0 Å². The van der Waals surface area contributed by atoms with Gasteiger partial charge < -0.3 is 9.47 Å². The second kappa shape index (κ2) is 9.53. The van der Waals surface area contributed by atoms with Gasteiger partial charge in [0.1, 0.15) is 17.7 Å². The quantitative estimate of drug-likeness (QED) is 0.361. The highest BCUT2D eigenvalue weighted by molar-refractivity contribution is 6.29. The van der Waals surface area contributed by atoms with Gasteiger partial charge in [0.25, 0.3) is 5.91 Å². The number of anilines is 1. The van der Waals surface area contributed by atoms with E-state index in [1.165, 1.54) is 0 Å². The molecule has 1 aromatic carbocycles. The van der Waals surface area contributed by atoms with Crippen molar-refractivity contribution in [2.24, 2.45) is 5.10 Å². The van der Waals surface area contributed by atoms with Gasteiger partial charge in [0.15, 0.2) is 5.75 Å². The van der Waals surface area contributed by atoms with Crippen molar-refractivity contribution < 1.29 is 19.1 Å². The van der Waals surface area contributed by atoms with Crippen molar-refractivity contribution >= 4 is 23.9 Å². The number of nitrogens with zero attached hydrogens (tertiary/aromatic N) is 4. The summed E-state index contributed by atoms with van der Waals surface area (Å²) in [6.07, 6.45) is 4.98. The Kier molecular flexibility index (Phi) is 6.84. The zero-order chi connectivity index (χ0) is 19.6. The first-order chi connectivity index (χ1) is 13.0. The zero-order valence-corrected chi connectivity index (χ0v) is 14.7. The number of hydrogen-bond donors (Lipinski definition) is 1. The molecule has 0 atom stereocenters. The van der Waals surface area contributed by atoms with Crippen LogP contribution in [0.2, 0.25) is 0 Å². The van der Waals surface area contributed by atoms with E-state index in [0.29, 0.717) is 17.2 Å². The maximum absolute atomic E-state index is 11.7. The topological polar surface area (TPSA) is 117 Å². The average molecular weight is 367 g/mol. The summed E-state index contributed by atoms with van der Waals surface area (Å²) in [7, 11) is 0. The zero-order valence-electron chi connectivity index (χ0n) is 14.7. The number of alkyl carbamates (subject to hydrolysis) is 1. The third-order valence-electron chi connectivity index (χ3n) is 3.17. The molecule has 138 valence electrons. The van der Waals surface area contributed by atoms with Crippen LogP contribution in [-0.2, 0) is 9.53 Å². The Balaban J connectivity index is 2.19. The molecule has 27 heavy (non-hydrogen) atoms. The van der Waals surface area contributed by atoms with E-state index in [1.807, 2.05) is 18.4 Å². The fourth-order valence-corrected chi connectivity index (χ4v) is 1.96. The van der Waals surface area contributed by atoms with Gasteiger partial charge in [-0.25, -0.2) is 4.79 Å². The number of carbonyl (C=O) groups is 2. The molecule has 2 rings (SSSR count). The molecular formula is C18H17N5O4. The molecule has 0 saturated carbocycles. The maximum atomic E-state index is 11.7. The first-order valence-corrected chi connectivity index (χ1v) is 7.94. The molecule has 0 aliphatic carbocycles. The van der Waals surface area contributed by atoms with Gasteiger partial charge >= 0.3 is 6.09 Å². The molecule has 0 unspecified atom stereocenters. The molecule has 9 nitrogen and oxygen atoms in total. The van der Waals surface area contributed by atoms with Crippen molar-refractivity contribution in [1.82, 2.24) is 10.3 Å². The second-order valence-corrected chi connectivity index (χ2v) is 5.08. The highest BCUT2D eigenvalue weighted by Crippen LogP contribution is 2.33. The summed E-state index contributed by atoms with van der Waals surface area (Å²) in [5.74, 6) is 0.104. The molecule has 0 spiro atoms. The number of aryl methyl sites for hydroxylation is 1. The number of pyridine rings is 1. The lowest BCUT2D eigenvalue weighted by Crippen LogP contribution is -2.32. The van der Waals surface area contributed by atoms with Gasteiger partial charge in [0.2, 0.25) is 6.19 Å². The average Bonchev–Trinajstić information content (AvgIpc) is 2.65. The molecule has 1 N–H and O–H groups in total. The first kappa shape index (κ1) is 19.4. The number of hydrazone groups is 1. The van der Waals surface area contributed by atoms with Crippen molar-refractivity contribution in [3.63, 3.8) is 0 Å². The van der Waals surface area contributed by atoms with Crippen molar-refractivity contribution in [3.05, 3.63) is 48.3 Å². The van der Waals surface area contributed by atoms with Crippen LogP contribution in [0.1, 0.15) is 12.5 Å². The monoisotopic (exact) mass is 367 g/mol. The lowest BCUT2D eigenvalue weighted by Gasteiger charge is -2.15. The molecule has 0 fully saturated rings. The molecule has 0 radical (unpaired) electrons. The van der Waals surface area contributed by atoms with Crippen LogP contribution in [0.15, 0.2) is 47.8 Å². The van der Waals surface area contributed by atoms with E-state index in [2.05, 4.69) is 14.8 Å². The maximum Gasteiger partial charge on any atom is 0.414 e. The van der Waals surface area contributed by atoms with E-state index in [4.69, 9.17) is 4.74 Å². The number of carbonyl (C=O) groups excluding carboxylic acids is 2. The Morgan fingerprint density at radius 3 is 2.81 bits per heavy atom. The molecular weight excluding hydrogens is 350 g/mol. The fourth-order valence-electron chi connectivity index (χ4n) is 1.96. The van der Waals surface area contributed by atoms with Crippen molar-refractivity contribution in [1.29, 1.82) is 5.26 Å². The number of nitriles is 1. The third-order valence-corrected chi connectivity index (χ3v) is 3.17. The van der Waals surface area contributed by atoms with E-state index < -0.39 is 12.0 Å². The van der Waals surface area contributed by atoms with Crippen LogP contribution in [-0.4, -0.2) is 29.8 Å². The highest BCUT2D eigenvalue weighted by atomic mass is 16.5. The SMILES string of the molecule is CCOC(=O)NC(=O)C=NN(C#N)c1ccccc1Oc1ccncc1C. The summed E-state index contributed by atoms with van der Waals surface area (Å²) in [4.78, 5) is 26.9. The van der Waals surface area contributed by atoms with Gasteiger partial charge in [-0.05, 0) is 32.0 Å². The normalized spacial score (nSPS) is 10.1. The molecule has 1 aromatic heterocycles. The number of imide groups is 1. The first-order valence-electron chi connectivity index (χ1n) is 7.94. The minimum Gasteiger partial charge on any atom is -0.455 e. The second-order valence-electron chi connectivity index (χ2n) is 5.08. The summed E-state index contributed by atoms with van der Waals surface area (Å²) < 4.78 is 10.4. The van der Waals surface area contributed by atoms with Crippen LogP contribution in [0.3, 0.4) is 0 Å². The Bertz CT molecular complexity index is 891. The van der Waals surface area contributed by atoms with Crippen LogP contribution in [0.25, 0.3) is 0 Å². The van der Waals surface area contributed by atoms with E-state index in [-0.39, 0.29) is 6.61 Å². The van der Waals surface area contributed by atoms with Crippen molar-refractivity contribution in [2.45, 2.75) is 13.8 Å². The number of hydrogen-bond acceptors (Lipinski definition) is 8. The number of nitrogens with one attached hydrogen (secondary N) is 1. The molecule has 1 heterocycles. The van der Waals surface area contributed by atoms with Gasteiger partial charge in [-0.3, -0.25) is 15.1 Å². The minimum atomic E-state index is -0.894. The van der Waals surface area contributed by atoms with Gasteiger partial charge in [0.05, 0.1) is 6.61 Å². The van der Waals surface area contributed by atoms with Crippen molar-refractivity contribution in [3.8, 4) is 17.7 Å². The highest BCUT2D eigenvalue weighted by Gasteiger charge is 2.13. The largest absolute Gasteiger partial charge is 0.455 e. The number of aromatic nitrogens is 1. The number of ether oxygens (including phenoxy) is 2. The minimum absolute atomic E-state index is 0.125. The summed E-state index contributed by atoms with van der Waals surface area (Å²) in [5, 5.41) is 16.0. The van der Waals surface area contributed by atoms with Crippen LogP contribution < -0.4 is 15.1 Å². The van der Waals surface area contributed by atoms with E-state index in [1.54, 1.807) is 49.6 Å². The number of para-hydroxylation sites is 2. The van der Waals surface area contributed by atoms with Gasteiger partial charge in [-0.15, -0.1) is 0 Å². The van der Waals surface area contributed by atoms with E-state index >= 15 is 0 Å². The number of benzene rings is 1. The van der Waals surface area contributed by atoms with Gasteiger partial charge in [-0.1, -0.05) is 12.1 Å². The van der Waals surface area contributed by atoms with Gasteiger partial charge in [-0.2, -0.15) is 15.4 Å². The molecule has 0 saturated heterocycles. The van der Waals surface area contributed by atoms with Crippen LogP contribution in [0.5, 0.6) is 11.5 Å². The standard InChI is InChI=1S/C18H17N5O4/c1-3-26-18(25)22-17(24)11-21-23(12-19)14-6-4-5-7-16(14)27-15-8-9-20-10-13(15)2/h4-11H,3H2,1-2H3,(H,22,24,25). The molecule has 0 aliphatic rings. The Labute approximate surface area is 155 Å². The van der Waals surface area contributed by atoms with E-state index in [9.17, 15) is 14.9 Å². The molecule has 0 aliphatic heterocycles. The van der Waals surface area contributed by atoms with Crippen LogP contribution in [0, 0.1) is 18.4 Å². The number of amides is 2. The molecule has 0 bridgehead atoms. The summed E-state index contributed by atoms with van der Waals surface area (Å²) in [5.41, 5.74) is 1.13. The lowest BCUT2D eigenvalue weighted by atomic mass is 10.2. The Morgan fingerprint density at radius 2 is 2.11 bits per heavy atom. The van der Waals surface area contributed by atoms with Crippen LogP contribution >= 0.6 is 0 Å². The smallest absolute Gasteiger partial charge is 0.414 e. The third kappa shape index (κ3) is 5.54. The number of rotatable bonds is 6. The Morgan fingerprint density at radius 1 is 1.33 bits per heavy atom.